The molecule has 0 aliphatic carbocycles. The lowest BCUT2D eigenvalue weighted by atomic mass is 10.2. The van der Waals surface area contributed by atoms with Crippen molar-refractivity contribution in [2.75, 3.05) is 11.9 Å². The van der Waals surface area contributed by atoms with Gasteiger partial charge in [0.25, 0.3) is 0 Å². The summed E-state index contributed by atoms with van der Waals surface area (Å²) in [5, 5.41) is 4.37. The molecule has 2 aromatic rings. The fraction of sp³-hybridized carbons (Fsp3) is 0.412. The summed E-state index contributed by atoms with van der Waals surface area (Å²) in [4.78, 5) is 10.5. The smallest absolute Gasteiger partial charge is 0.132 e. The molecular weight excluding hydrogens is 278 g/mol. The predicted octanol–water partition coefficient (Wildman–Crippen LogP) is 4.71. The average Bonchev–Trinajstić information content (AvgIpc) is 2.48. The Morgan fingerprint density at radius 1 is 1.05 bits per heavy atom. The van der Waals surface area contributed by atoms with E-state index in [1.54, 1.807) is 11.8 Å². The Labute approximate surface area is 131 Å². The molecule has 0 saturated carbocycles. The summed E-state index contributed by atoms with van der Waals surface area (Å²) in [5.41, 5.74) is 1.28. The topological polar surface area (TPSA) is 37.8 Å². The highest BCUT2D eigenvalue weighted by molar-refractivity contribution is 7.99. The number of aromatic nitrogens is 2. The molecule has 1 N–H and O–H groups in total. The zero-order valence-electron chi connectivity index (χ0n) is 13.0. The second-order valence-electron chi connectivity index (χ2n) is 5.10. The van der Waals surface area contributed by atoms with Crippen LogP contribution in [0.2, 0.25) is 0 Å². The fourth-order valence-electron chi connectivity index (χ4n) is 1.93. The first-order valence-corrected chi connectivity index (χ1v) is 8.39. The lowest BCUT2D eigenvalue weighted by Crippen LogP contribution is -2.05. The monoisotopic (exact) mass is 301 g/mol. The third kappa shape index (κ3) is 5.05. The number of hydrogen-bond donors (Lipinski definition) is 1. The van der Waals surface area contributed by atoms with Crippen LogP contribution in [0.3, 0.4) is 0 Å². The zero-order valence-corrected chi connectivity index (χ0v) is 13.8. The van der Waals surface area contributed by atoms with E-state index in [0.29, 0.717) is 0 Å². The molecule has 0 fully saturated rings. The van der Waals surface area contributed by atoms with Crippen molar-refractivity contribution in [3.05, 3.63) is 41.7 Å². The third-order valence-corrected chi connectivity index (χ3v) is 3.95. The predicted molar refractivity (Wildman–Crippen MR) is 90.1 cm³/mol. The van der Waals surface area contributed by atoms with Gasteiger partial charge >= 0.3 is 0 Å². The third-order valence-electron chi connectivity index (χ3n) is 3.02. The minimum atomic E-state index is 0.920. The molecule has 1 aromatic heterocycles. The van der Waals surface area contributed by atoms with Gasteiger partial charge in [-0.15, -0.1) is 0 Å². The Hall–Kier alpha value is -1.55. The van der Waals surface area contributed by atoms with Gasteiger partial charge in [0.2, 0.25) is 0 Å². The number of aryl methyl sites for hydroxylation is 2. The molecule has 0 unspecified atom stereocenters. The number of rotatable bonds is 7. The van der Waals surface area contributed by atoms with Crippen molar-refractivity contribution in [1.29, 1.82) is 0 Å². The van der Waals surface area contributed by atoms with Gasteiger partial charge in [-0.1, -0.05) is 43.3 Å². The summed E-state index contributed by atoms with van der Waals surface area (Å²) in [7, 11) is 0. The quantitative estimate of drug-likeness (QED) is 0.752. The first-order chi connectivity index (χ1) is 10.2. The fourth-order valence-corrected chi connectivity index (χ4v) is 2.77. The van der Waals surface area contributed by atoms with E-state index in [-0.39, 0.29) is 0 Å². The Kier molecular flexibility index (Phi) is 6.05. The van der Waals surface area contributed by atoms with Crippen molar-refractivity contribution >= 4 is 17.6 Å². The molecule has 0 saturated heterocycles. The van der Waals surface area contributed by atoms with Crippen LogP contribution in [0.4, 0.5) is 5.82 Å². The maximum absolute atomic E-state index is 4.66. The molecule has 0 aliphatic heterocycles. The van der Waals surface area contributed by atoms with E-state index in [0.717, 1.165) is 42.5 Å². The molecule has 0 amide bonds. The Morgan fingerprint density at radius 3 is 2.48 bits per heavy atom. The molecule has 2 rings (SSSR count). The van der Waals surface area contributed by atoms with Gasteiger partial charge in [-0.3, -0.25) is 0 Å². The molecule has 1 aromatic carbocycles. The van der Waals surface area contributed by atoms with E-state index in [1.165, 1.54) is 10.5 Å². The van der Waals surface area contributed by atoms with Crippen LogP contribution in [-0.2, 0) is 6.42 Å². The second kappa shape index (κ2) is 8.03. The maximum atomic E-state index is 4.66. The maximum Gasteiger partial charge on any atom is 0.132 e. The molecule has 21 heavy (non-hydrogen) atoms. The Balaban J connectivity index is 2.19. The van der Waals surface area contributed by atoms with E-state index in [2.05, 4.69) is 60.3 Å². The van der Waals surface area contributed by atoms with Crippen molar-refractivity contribution in [1.82, 2.24) is 9.97 Å². The molecule has 0 bridgehead atoms. The van der Waals surface area contributed by atoms with Crippen LogP contribution in [0.25, 0.3) is 0 Å². The van der Waals surface area contributed by atoms with Crippen molar-refractivity contribution in [3.63, 3.8) is 0 Å². The van der Waals surface area contributed by atoms with E-state index < -0.39 is 0 Å². The number of benzene rings is 1. The van der Waals surface area contributed by atoms with Gasteiger partial charge in [0, 0.05) is 23.9 Å². The van der Waals surface area contributed by atoms with Crippen LogP contribution in [0.15, 0.2) is 40.3 Å². The Bertz CT molecular complexity index is 567. The average molecular weight is 301 g/mol. The number of anilines is 1. The molecule has 4 heteroatoms. The largest absolute Gasteiger partial charge is 0.370 e. The van der Waals surface area contributed by atoms with Crippen LogP contribution in [0.5, 0.6) is 0 Å². The van der Waals surface area contributed by atoms with Crippen LogP contribution in [-0.4, -0.2) is 16.5 Å². The minimum absolute atomic E-state index is 0.920. The van der Waals surface area contributed by atoms with Gasteiger partial charge in [-0.25, -0.2) is 9.97 Å². The number of nitrogens with zero attached hydrogens (tertiary/aromatic N) is 2. The van der Waals surface area contributed by atoms with Gasteiger partial charge in [-0.2, -0.15) is 0 Å². The minimum Gasteiger partial charge on any atom is -0.370 e. The molecule has 0 radical (unpaired) electrons. The molecular formula is C17H23N3S. The summed E-state index contributed by atoms with van der Waals surface area (Å²) in [6, 6.07) is 10.6. The van der Waals surface area contributed by atoms with Crippen LogP contribution in [0, 0.1) is 6.92 Å². The Morgan fingerprint density at radius 2 is 1.81 bits per heavy atom. The van der Waals surface area contributed by atoms with E-state index in [1.807, 2.05) is 6.07 Å². The lowest BCUT2D eigenvalue weighted by molar-refractivity contribution is 0.807. The van der Waals surface area contributed by atoms with Gasteiger partial charge < -0.3 is 5.32 Å². The highest BCUT2D eigenvalue weighted by Gasteiger charge is 2.06. The van der Waals surface area contributed by atoms with Gasteiger partial charge in [0.15, 0.2) is 0 Å². The second-order valence-corrected chi connectivity index (χ2v) is 6.19. The van der Waals surface area contributed by atoms with Crippen molar-refractivity contribution < 1.29 is 0 Å². The molecule has 0 spiro atoms. The van der Waals surface area contributed by atoms with E-state index >= 15 is 0 Å². The highest BCUT2D eigenvalue weighted by atomic mass is 32.2. The molecule has 0 aliphatic rings. The summed E-state index contributed by atoms with van der Waals surface area (Å²) in [6.07, 6.45) is 3.07. The van der Waals surface area contributed by atoms with E-state index in [9.17, 15) is 0 Å². The van der Waals surface area contributed by atoms with Crippen LogP contribution >= 0.6 is 11.8 Å². The van der Waals surface area contributed by atoms with Crippen LogP contribution < -0.4 is 5.32 Å². The lowest BCUT2D eigenvalue weighted by Gasteiger charge is -2.09. The van der Waals surface area contributed by atoms with E-state index in [4.69, 9.17) is 0 Å². The first-order valence-electron chi connectivity index (χ1n) is 7.57. The zero-order chi connectivity index (χ0) is 15.1. The normalized spacial score (nSPS) is 10.6. The molecule has 112 valence electrons. The van der Waals surface area contributed by atoms with Gasteiger partial charge in [0.05, 0.1) is 0 Å². The summed E-state index contributed by atoms with van der Waals surface area (Å²) in [5.74, 6) is 1.86. The highest BCUT2D eigenvalue weighted by Crippen LogP contribution is 2.27. The molecule has 3 nitrogen and oxygen atoms in total. The molecule has 0 atom stereocenters. The SMILES string of the molecule is CCCNc1cc(Sc2ccc(C)cc2)nc(CCC)n1. The van der Waals surface area contributed by atoms with Crippen molar-refractivity contribution in [2.24, 2.45) is 0 Å². The van der Waals surface area contributed by atoms with Crippen molar-refractivity contribution in [3.8, 4) is 0 Å². The van der Waals surface area contributed by atoms with Gasteiger partial charge in [-0.05, 0) is 31.9 Å². The molecule has 1 heterocycles. The summed E-state index contributed by atoms with van der Waals surface area (Å²) in [6.45, 7) is 7.36. The summed E-state index contributed by atoms with van der Waals surface area (Å²) < 4.78 is 0. The standard InChI is InChI=1S/C17H23N3S/c1-4-6-15-19-16(18-11-5-2)12-17(20-15)21-14-9-7-13(3)8-10-14/h7-10,12H,4-6,11H2,1-3H3,(H,18,19,20). The van der Waals surface area contributed by atoms with Crippen LogP contribution in [0.1, 0.15) is 38.1 Å². The van der Waals surface area contributed by atoms with Crippen molar-refractivity contribution in [2.45, 2.75) is 50.0 Å². The van der Waals surface area contributed by atoms with Gasteiger partial charge in [0.1, 0.15) is 16.7 Å². The number of hydrogen-bond acceptors (Lipinski definition) is 4. The first kappa shape index (κ1) is 15.8. The summed E-state index contributed by atoms with van der Waals surface area (Å²) >= 11 is 1.69. The number of nitrogens with one attached hydrogen (secondary N) is 1.